The summed E-state index contributed by atoms with van der Waals surface area (Å²) in [7, 11) is 0. The van der Waals surface area contributed by atoms with Crippen LogP contribution >= 0.6 is 11.3 Å². The summed E-state index contributed by atoms with van der Waals surface area (Å²) in [6.45, 7) is 13.3. The minimum Gasteiger partial charge on any atom is -0.255 e. The Hall–Kier alpha value is -2.45. The van der Waals surface area contributed by atoms with E-state index in [0.29, 0.717) is 0 Å². The van der Waals surface area contributed by atoms with Gasteiger partial charge < -0.3 is 0 Å². The standard InChI is InChI=1S/C26H27NS/c1-16-13-17(2)15-20(14-16)23-25-22(11-12-27-23)18(3)24(28-25)19-7-9-21(10-8-19)26(4,5)6/h7-15H,1-6H3. The number of thiophene rings is 1. The van der Waals surface area contributed by atoms with Gasteiger partial charge in [0, 0.05) is 16.6 Å². The summed E-state index contributed by atoms with van der Waals surface area (Å²) in [4.78, 5) is 6.11. The Kier molecular flexibility index (Phi) is 4.63. The molecule has 2 heterocycles. The van der Waals surface area contributed by atoms with E-state index in [1.165, 1.54) is 48.3 Å². The smallest absolute Gasteiger partial charge is 0.0880 e. The molecule has 1 nitrogen and oxygen atoms in total. The number of benzene rings is 2. The first-order valence-corrected chi connectivity index (χ1v) is 10.6. The van der Waals surface area contributed by atoms with Crippen molar-refractivity contribution in [2.75, 3.05) is 0 Å². The highest BCUT2D eigenvalue weighted by Gasteiger charge is 2.17. The lowest BCUT2D eigenvalue weighted by Gasteiger charge is -2.19. The van der Waals surface area contributed by atoms with Crippen LogP contribution in [-0.2, 0) is 5.41 Å². The van der Waals surface area contributed by atoms with Gasteiger partial charge in [0.15, 0.2) is 0 Å². The maximum Gasteiger partial charge on any atom is 0.0880 e. The molecule has 4 rings (SSSR count). The molecule has 142 valence electrons. The molecule has 0 amide bonds. The summed E-state index contributed by atoms with van der Waals surface area (Å²) in [5.41, 5.74) is 9.03. The number of aryl methyl sites for hydroxylation is 3. The van der Waals surface area contributed by atoms with Gasteiger partial charge in [-0.25, -0.2) is 0 Å². The van der Waals surface area contributed by atoms with Crippen LogP contribution in [0.25, 0.3) is 31.8 Å². The highest BCUT2D eigenvalue weighted by molar-refractivity contribution is 7.23. The fourth-order valence-corrected chi connectivity index (χ4v) is 5.18. The molecule has 0 atom stereocenters. The minimum absolute atomic E-state index is 0.174. The first kappa shape index (κ1) is 18.9. The lowest BCUT2D eigenvalue weighted by molar-refractivity contribution is 0.590. The van der Waals surface area contributed by atoms with E-state index in [0.717, 1.165) is 5.69 Å². The van der Waals surface area contributed by atoms with E-state index in [9.17, 15) is 0 Å². The Morgan fingerprint density at radius 1 is 0.786 bits per heavy atom. The van der Waals surface area contributed by atoms with Gasteiger partial charge in [0.2, 0.25) is 0 Å². The van der Waals surface area contributed by atoms with Crippen LogP contribution in [0.1, 0.15) is 43.0 Å². The lowest BCUT2D eigenvalue weighted by Crippen LogP contribution is -2.10. The molecule has 0 spiro atoms. The monoisotopic (exact) mass is 385 g/mol. The summed E-state index contributed by atoms with van der Waals surface area (Å²) in [6, 6.07) is 17.9. The molecule has 0 unspecified atom stereocenters. The number of hydrogen-bond acceptors (Lipinski definition) is 2. The van der Waals surface area contributed by atoms with Crippen molar-refractivity contribution < 1.29 is 0 Å². The second-order valence-corrected chi connectivity index (χ2v) is 9.82. The summed E-state index contributed by atoms with van der Waals surface area (Å²) in [5, 5.41) is 1.31. The summed E-state index contributed by atoms with van der Waals surface area (Å²) < 4.78 is 1.28. The maximum atomic E-state index is 4.76. The zero-order valence-electron chi connectivity index (χ0n) is 17.6. The molecule has 2 aromatic heterocycles. The van der Waals surface area contributed by atoms with E-state index in [4.69, 9.17) is 4.98 Å². The molecule has 0 N–H and O–H groups in total. The van der Waals surface area contributed by atoms with Crippen LogP contribution in [0.2, 0.25) is 0 Å². The molecule has 2 heteroatoms. The predicted molar refractivity (Wildman–Crippen MR) is 123 cm³/mol. The van der Waals surface area contributed by atoms with Gasteiger partial charge in [0.1, 0.15) is 0 Å². The van der Waals surface area contributed by atoms with Gasteiger partial charge in [-0.05, 0) is 66.5 Å². The van der Waals surface area contributed by atoms with Crippen LogP contribution in [0, 0.1) is 20.8 Å². The second-order valence-electron chi connectivity index (χ2n) is 8.80. The third-order valence-electron chi connectivity index (χ3n) is 5.36. The SMILES string of the molecule is Cc1cc(C)cc(-c2nccc3c(C)c(-c4ccc(C(C)(C)C)cc4)sc23)c1. The van der Waals surface area contributed by atoms with Crippen LogP contribution in [0.3, 0.4) is 0 Å². The van der Waals surface area contributed by atoms with Crippen molar-refractivity contribution >= 4 is 21.4 Å². The summed E-state index contributed by atoms with van der Waals surface area (Å²) in [5.74, 6) is 0. The Morgan fingerprint density at radius 3 is 2.04 bits per heavy atom. The molecule has 0 fully saturated rings. The normalized spacial score (nSPS) is 11.9. The van der Waals surface area contributed by atoms with Gasteiger partial charge in [0.25, 0.3) is 0 Å². The molecule has 0 saturated carbocycles. The number of fused-ring (bicyclic) bond motifs is 1. The topological polar surface area (TPSA) is 12.9 Å². The maximum absolute atomic E-state index is 4.76. The largest absolute Gasteiger partial charge is 0.255 e. The molecule has 0 radical (unpaired) electrons. The van der Waals surface area contributed by atoms with Gasteiger partial charge in [-0.1, -0.05) is 62.2 Å². The van der Waals surface area contributed by atoms with E-state index in [-0.39, 0.29) is 5.41 Å². The average molecular weight is 386 g/mol. The number of hydrogen-bond donors (Lipinski definition) is 0. The molecule has 28 heavy (non-hydrogen) atoms. The number of aromatic nitrogens is 1. The molecule has 0 aliphatic rings. The Labute approximate surface area is 172 Å². The Bertz CT molecular complexity index is 1140. The van der Waals surface area contributed by atoms with Gasteiger partial charge in [-0.3, -0.25) is 4.98 Å². The van der Waals surface area contributed by atoms with Crippen molar-refractivity contribution in [3.63, 3.8) is 0 Å². The molecule has 0 bridgehead atoms. The van der Waals surface area contributed by atoms with Gasteiger partial charge in [0.05, 0.1) is 10.4 Å². The van der Waals surface area contributed by atoms with Crippen molar-refractivity contribution in [1.29, 1.82) is 0 Å². The molecule has 0 aliphatic heterocycles. The van der Waals surface area contributed by atoms with Crippen LogP contribution in [-0.4, -0.2) is 4.98 Å². The number of rotatable bonds is 2. The third kappa shape index (κ3) is 3.38. The molecular formula is C26H27NS. The van der Waals surface area contributed by atoms with Crippen LogP contribution in [0.4, 0.5) is 0 Å². The number of nitrogens with zero attached hydrogens (tertiary/aromatic N) is 1. The molecule has 4 aromatic rings. The van der Waals surface area contributed by atoms with E-state index in [2.05, 4.69) is 90.1 Å². The first-order valence-electron chi connectivity index (χ1n) is 9.82. The van der Waals surface area contributed by atoms with Crippen LogP contribution in [0.15, 0.2) is 54.7 Å². The highest BCUT2D eigenvalue weighted by Crippen LogP contribution is 2.42. The molecule has 0 saturated heterocycles. The van der Waals surface area contributed by atoms with Crippen molar-refractivity contribution in [2.24, 2.45) is 0 Å². The number of pyridine rings is 1. The minimum atomic E-state index is 0.174. The average Bonchev–Trinajstić information content (AvgIpc) is 2.97. The van der Waals surface area contributed by atoms with Crippen molar-refractivity contribution in [3.8, 4) is 21.7 Å². The third-order valence-corrected chi connectivity index (χ3v) is 6.72. The quantitative estimate of drug-likeness (QED) is 0.342. The zero-order valence-corrected chi connectivity index (χ0v) is 18.4. The fraction of sp³-hybridized carbons (Fsp3) is 0.269. The fourth-order valence-electron chi connectivity index (χ4n) is 3.86. The zero-order chi connectivity index (χ0) is 20.1. The summed E-state index contributed by atoms with van der Waals surface area (Å²) in [6.07, 6.45) is 1.95. The van der Waals surface area contributed by atoms with Gasteiger partial charge in [-0.15, -0.1) is 11.3 Å². The Morgan fingerprint density at radius 2 is 1.43 bits per heavy atom. The van der Waals surface area contributed by atoms with Crippen molar-refractivity contribution in [1.82, 2.24) is 4.98 Å². The summed E-state index contributed by atoms with van der Waals surface area (Å²) >= 11 is 1.86. The molecular weight excluding hydrogens is 358 g/mol. The first-order chi connectivity index (χ1) is 13.2. The van der Waals surface area contributed by atoms with Crippen molar-refractivity contribution in [3.05, 3.63) is 77.0 Å². The van der Waals surface area contributed by atoms with Gasteiger partial charge in [-0.2, -0.15) is 0 Å². The highest BCUT2D eigenvalue weighted by atomic mass is 32.1. The molecule has 2 aromatic carbocycles. The van der Waals surface area contributed by atoms with Crippen LogP contribution < -0.4 is 0 Å². The predicted octanol–water partition coefficient (Wildman–Crippen LogP) is 7.85. The molecule has 0 aliphatic carbocycles. The van der Waals surface area contributed by atoms with Gasteiger partial charge >= 0.3 is 0 Å². The second kappa shape index (κ2) is 6.86. The van der Waals surface area contributed by atoms with Crippen molar-refractivity contribution in [2.45, 2.75) is 47.0 Å². The van der Waals surface area contributed by atoms with Crippen LogP contribution in [0.5, 0.6) is 0 Å². The Balaban J connectivity index is 1.87. The van der Waals surface area contributed by atoms with E-state index < -0.39 is 0 Å². The van der Waals surface area contributed by atoms with E-state index in [1.807, 2.05) is 17.5 Å². The van der Waals surface area contributed by atoms with E-state index in [1.54, 1.807) is 0 Å². The van der Waals surface area contributed by atoms with E-state index >= 15 is 0 Å². The lowest BCUT2D eigenvalue weighted by atomic mass is 9.86.